The van der Waals surface area contributed by atoms with Crippen molar-refractivity contribution in [3.63, 3.8) is 0 Å². The van der Waals surface area contributed by atoms with Crippen molar-refractivity contribution in [3.05, 3.63) is 11.4 Å². The molecule has 5 heteroatoms. The van der Waals surface area contributed by atoms with E-state index in [4.69, 9.17) is 0 Å². The van der Waals surface area contributed by atoms with Crippen LogP contribution in [0.3, 0.4) is 0 Å². The molecule has 3 rings (SSSR count). The molecule has 3 nitrogen and oxygen atoms in total. The lowest BCUT2D eigenvalue weighted by Gasteiger charge is -2.24. The van der Waals surface area contributed by atoms with Crippen LogP contribution in [0.1, 0.15) is 101 Å². The fourth-order valence-electron chi connectivity index (χ4n) is 4.93. The number of carbonyl (C=O) groups excluding carboxylic acids is 1. The highest BCUT2D eigenvalue weighted by Crippen LogP contribution is 2.41. The number of Topliss-reactive ketones (excluding diaryl/α,β-unsaturated/α-hetero) is 1. The van der Waals surface area contributed by atoms with Gasteiger partial charge in [-0.1, -0.05) is 45.4 Å². The van der Waals surface area contributed by atoms with Crippen LogP contribution in [0.25, 0.3) is 0 Å². The molecule has 0 unspecified atom stereocenters. The minimum Gasteiger partial charge on any atom is -1.00 e. The highest BCUT2D eigenvalue weighted by atomic mass is 35.5. The van der Waals surface area contributed by atoms with E-state index < -0.39 is 0 Å². The first-order valence-electron chi connectivity index (χ1n) is 10.4. The zero-order chi connectivity index (χ0) is 17.8. The van der Waals surface area contributed by atoms with Crippen molar-refractivity contribution in [1.29, 1.82) is 0 Å². The number of ketones is 1. The third kappa shape index (κ3) is 4.67. The average Bonchev–Trinajstić information content (AvgIpc) is 2.91. The van der Waals surface area contributed by atoms with Crippen LogP contribution in [0.15, 0.2) is 5.16 Å². The molecule has 0 bridgehead atoms. The number of imidazole rings is 1. The van der Waals surface area contributed by atoms with E-state index in [9.17, 15) is 4.79 Å². The molecule has 148 valence electrons. The first-order valence-corrected chi connectivity index (χ1v) is 11.3. The molecule has 0 N–H and O–H groups in total. The van der Waals surface area contributed by atoms with E-state index in [0.29, 0.717) is 18.0 Å². The van der Waals surface area contributed by atoms with E-state index in [2.05, 4.69) is 23.2 Å². The lowest BCUT2D eigenvalue weighted by Crippen LogP contribution is -3.00. The van der Waals surface area contributed by atoms with Gasteiger partial charge in [-0.05, 0) is 37.4 Å². The van der Waals surface area contributed by atoms with Gasteiger partial charge in [0.05, 0.1) is 19.8 Å². The molecule has 0 amide bonds. The molecule has 0 saturated heterocycles. The Labute approximate surface area is 169 Å². The molecule has 1 aromatic heterocycles. The van der Waals surface area contributed by atoms with E-state index in [1.807, 2.05) is 6.92 Å². The highest BCUT2D eigenvalue weighted by molar-refractivity contribution is 7.99. The summed E-state index contributed by atoms with van der Waals surface area (Å²) in [4.78, 5) is 11.9. The Kier molecular flexibility index (Phi) is 8.53. The fraction of sp³-hybridized carbons (Fsp3) is 0.810. The average molecular weight is 399 g/mol. The summed E-state index contributed by atoms with van der Waals surface area (Å²) in [6, 6.07) is 0. The predicted octanol–water partition coefficient (Wildman–Crippen LogP) is 2.02. The van der Waals surface area contributed by atoms with E-state index >= 15 is 0 Å². The monoisotopic (exact) mass is 398 g/mol. The van der Waals surface area contributed by atoms with Gasteiger partial charge >= 0.3 is 5.16 Å². The minimum atomic E-state index is 0. The van der Waals surface area contributed by atoms with Crippen LogP contribution in [0, 0.1) is 0 Å². The number of rotatable bonds is 6. The Balaban J connectivity index is 0.00000243. The van der Waals surface area contributed by atoms with Crippen LogP contribution in [0.2, 0.25) is 0 Å². The molecule has 1 aromatic rings. The van der Waals surface area contributed by atoms with Crippen molar-refractivity contribution in [2.75, 3.05) is 5.75 Å². The maximum Gasteiger partial charge on any atom is 0.318 e. The standard InChI is InChI=1S/C21H35N2OS.ClH/c1-4-18(24)15-25-21-22(2)19(16-11-7-5-8-12-16)20(23(21)3)17-13-9-6-10-14-17;/h16-17H,4-15H2,1-3H3;1H/q+1;/p-1. The van der Waals surface area contributed by atoms with Crippen LogP contribution < -0.4 is 17.0 Å². The van der Waals surface area contributed by atoms with Gasteiger partial charge in [0.2, 0.25) is 0 Å². The largest absolute Gasteiger partial charge is 1.00 e. The second-order valence-electron chi connectivity index (χ2n) is 8.02. The van der Waals surface area contributed by atoms with E-state index in [1.165, 1.54) is 69.4 Å². The number of nitrogens with zero attached hydrogens (tertiary/aromatic N) is 2. The Morgan fingerprint density at radius 2 is 1.58 bits per heavy atom. The molecule has 0 aliphatic heterocycles. The first-order chi connectivity index (χ1) is 12.1. The molecule has 1 heterocycles. The van der Waals surface area contributed by atoms with Crippen molar-refractivity contribution in [3.8, 4) is 0 Å². The maximum absolute atomic E-state index is 11.9. The van der Waals surface area contributed by atoms with Crippen LogP contribution in [0.4, 0.5) is 0 Å². The Morgan fingerprint density at radius 1 is 1.04 bits per heavy atom. The van der Waals surface area contributed by atoms with Gasteiger partial charge in [-0.15, -0.1) is 0 Å². The summed E-state index contributed by atoms with van der Waals surface area (Å²) in [5, 5.41) is 1.28. The summed E-state index contributed by atoms with van der Waals surface area (Å²) in [5.41, 5.74) is 3.20. The number of hydrogen-bond acceptors (Lipinski definition) is 2. The van der Waals surface area contributed by atoms with Gasteiger partial charge in [0.1, 0.15) is 17.2 Å². The highest BCUT2D eigenvalue weighted by Gasteiger charge is 2.37. The van der Waals surface area contributed by atoms with Crippen molar-refractivity contribution in [1.82, 2.24) is 4.57 Å². The van der Waals surface area contributed by atoms with Crippen LogP contribution >= 0.6 is 11.8 Å². The molecular formula is C21H35ClN2OS. The van der Waals surface area contributed by atoms with Gasteiger partial charge in [-0.3, -0.25) is 4.79 Å². The van der Waals surface area contributed by atoms with Crippen molar-refractivity contribution < 1.29 is 21.8 Å². The summed E-state index contributed by atoms with van der Waals surface area (Å²) in [6.45, 7) is 1.97. The van der Waals surface area contributed by atoms with E-state index in [1.54, 1.807) is 23.1 Å². The molecular weight excluding hydrogens is 364 g/mol. The smallest absolute Gasteiger partial charge is 0.318 e. The summed E-state index contributed by atoms with van der Waals surface area (Å²) < 4.78 is 4.90. The zero-order valence-corrected chi connectivity index (χ0v) is 18.3. The van der Waals surface area contributed by atoms with Gasteiger partial charge in [0, 0.05) is 18.3 Å². The molecule has 0 aromatic carbocycles. The Bertz CT molecular complexity index is 560. The predicted molar refractivity (Wildman–Crippen MR) is 104 cm³/mol. The summed E-state index contributed by atoms with van der Waals surface area (Å²) >= 11 is 1.75. The Hall–Kier alpha value is -0.480. The SMILES string of the molecule is CCC(=O)CSc1n(C)c(C2CCCCC2)c(C2CCCCC2)[n+]1C.[Cl-]. The molecule has 2 aliphatic rings. The normalized spacial score (nSPS) is 19.3. The molecule has 0 spiro atoms. The van der Waals surface area contributed by atoms with Crippen molar-refractivity contribution in [2.45, 2.75) is 94.5 Å². The quantitative estimate of drug-likeness (QED) is 0.541. The van der Waals surface area contributed by atoms with Crippen LogP contribution in [-0.2, 0) is 18.9 Å². The van der Waals surface area contributed by atoms with Gasteiger partial charge in [-0.2, -0.15) is 0 Å². The molecule has 2 saturated carbocycles. The van der Waals surface area contributed by atoms with Crippen LogP contribution in [-0.4, -0.2) is 16.1 Å². The number of halogens is 1. The Morgan fingerprint density at radius 3 is 2.12 bits per heavy atom. The van der Waals surface area contributed by atoms with E-state index in [-0.39, 0.29) is 12.4 Å². The second kappa shape index (κ2) is 10.2. The zero-order valence-electron chi connectivity index (χ0n) is 16.7. The van der Waals surface area contributed by atoms with Crippen molar-refractivity contribution in [2.24, 2.45) is 14.1 Å². The fourth-order valence-corrected chi connectivity index (χ4v) is 6.01. The third-order valence-corrected chi connectivity index (χ3v) is 7.57. The van der Waals surface area contributed by atoms with Gasteiger partial charge in [0.15, 0.2) is 0 Å². The van der Waals surface area contributed by atoms with Gasteiger partial charge in [-0.25, -0.2) is 9.13 Å². The number of carbonyl (C=O) groups is 1. The van der Waals surface area contributed by atoms with Gasteiger partial charge < -0.3 is 12.4 Å². The maximum atomic E-state index is 11.9. The second-order valence-corrected chi connectivity index (χ2v) is 8.96. The number of hydrogen-bond donors (Lipinski definition) is 0. The van der Waals surface area contributed by atoms with Crippen molar-refractivity contribution >= 4 is 17.5 Å². The molecule has 26 heavy (non-hydrogen) atoms. The molecule has 2 aliphatic carbocycles. The number of aromatic nitrogens is 2. The summed E-state index contributed by atoms with van der Waals surface area (Å²) in [6.07, 6.45) is 14.3. The van der Waals surface area contributed by atoms with Crippen LogP contribution in [0.5, 0.6) is 0 Å². The molecule has 0 atom stereocenters. The van der Waals surface area contributed by atoms with Gasteiger partial charge in [0.25, 0.3) is 0 Å². The minimum absolute atomic E-state index is 0. The topological polar surface area (TPSA) is 25.9 Å². The first kappa shape index (κ1) is 21.8. The summed E-state index contributed by atoms with van der Waals surface area (Å²) in [5.74, 6) is 2.40. The number of thioether (sulfide) groups is 1. The lowest BCUT2D eigenvalue weighted by molar-refractivity contribution is -0.717. The third-order valence-electron chi connectivity index (χ3n) is 6.30. The lowest BCUT2D eigenvalue weighted by atomic mass is 9.80. The molecule has 2 fully saturated rings. The summed E-state index contributed by atoms with van der Waals surface area (Å²) in [7, 11) is 4.49. The van der Waals surface area contributed by atoms with E-state index in [0.717, 1.165) is 11.8 Å². The molecule has 0 radical (unpaired) electrons.